The van der Waals surface area contributed by atoms with Crippen molar-refractivity contribution in [2.24, 2.45) is 0 Å². The molecular weight excluding hydrogens is 256 g/mol. The second kappa shape index (κ2) is 5.24. The summed E-state index contributed by atoms with van der Waals surface area (Å²) in [4.78, 5) is 11.6. The first-order chi connectivity index (χ1) is 9.36. The number of fused-ring (bicyclic) bond motifs is 1. The lowest BCUT2D eigenvalue weighted by Crippen LogP contribution is -1.94. The van der Waals surface area contributed by atoms with Crippen LogP contribution in [0.4, 0.5) is 0 Å². The molecule has 1 heterocycles. The van der Waals surface area contributed by atoms with Gasteiger partial charge >= 0.3 is 0 Å². The van der Waals surface area contributed by atoms with Gasteiger partial charge in [-0.3, -0.25) is 4.79 Å². The van der Waals surface area contributed by atoms with Crippen LogP contribution in [0.25, 0.3) is 10.1 Å². The molecule has 2 aromatic carbocycles. The van der Waals surface area contributed by atoms with Gasteiger partial charge in [0.15, 0.2) is 6.29 Å². The van der Waals surface area contributed by atoms with Crippen LogP contribution in [0.15, 0.2) is 54.6 Å². The number of hydrogen-bond donors (Lipinski definition) is 0. The van der Waals surface area contributed by atoms with Gasteiger partial charge in [0.1, 0.15) is 12.4 Å². The molecule has 0 radical (unpaired) electrons. The molecule has 0 amide bonds. The van der Waals surface area contributed by atoms with Gasteiger partial charge in [-0.15, -0.1) is 11.3 Å². The molecule has 0 unspecified atom stereocenters. The SMILES string of the molecule is O=Cc1cc2c(OCc3ccccc3)cccc2s1. The van der Waals surface area contributed by atoms with Crippen LogP contribution in [0.1, 0.15) is 15.2 Å². The second-order valence-corrected chi connectivity index (χ2v) is 5.32. The first-order valence-electron chi connectivity index (χ1n) is 6.01. The highest BCUT2D eigenvalue weighted by Crippen LogP contribution is 2.32. The maximum absolute atomic E-state index is 10.8. The molecule has 0 N–H and O–H groups in total. The summed E-state index contributed by atoms with van der Waals surface area (Å²) >= 11 is 1.49. The number of thiophene rings is 1. The molecule has 0 saturated heterocycles. The maximum atomic E-state index is 10.8. The molecule has 94 valence electrons. The Kier molecular flexibility index (Phi) is 3.29. The summed E-state index contributed by atoms with van der Waals surface area (Å²) in [6.45, 7) is 0.534. The molecule has 3 heteroatoms. The molecular formula is C16H12O2S. The van der Waals surface area contributed by atoms with Crippen LogP contribution >= 0.6 is 11.3 Å². The summed E-state index contributed by atoms with van der Waals surface area (Å²) in [5, 5.41) is 1.01. The van der Waals surface area contributed by atoms with Gasteiger partial charge in [0, 0.05) is 10.1 Å². The number of aldehydes is 1. The topological polar surface area (TPSA) is 26.3 Å². The van der Waals surface area contributed by atoms with Gasteiger partial charge in [-0.05, 0) is 23.8 Å². The van der Waals surface area contributed by atoms with Crippen molar-refractivity contribution in [2.45, 2.75) is 6.61 Å². The smallest absolute Gasteiger partial charge is 0.160 e. The Morgan fingerprint density at radius 2 is 1.89 bits per heavy atom. The Hall–Kier alpha value is -2.13. The molecule has 0 atom stereocenters. The molecule has 1 aromatic heterocycles. The van der Waals surface area contributed by atoms with E-state index in [1.165, 1.54) is 11.3 Å². The molecule has 0 bridgehead atoms. The average molecular weight is 268 g/mol. The molecule has 0 aliphatic carbocycles. The van der Waals surface area contributed by atoms with Crippen molar-refractivity contribution < 1.29 is 9.53 Å². The summed E-state index contributed by atoms with van der Waals surface area (Å²) in [5.74, 6) is 0.825. The average Bonchev–Trinajstić information content (AvgIpc) is 2.90. The molecule has 0 saturated carbocycles. The van der Waals surface area contributed by atoms with E-state index in [0.29, 0.717) is 6.61 Å². The Morgan fingerprint density at radius 1 is 1.05 bits per heavy atom. The van der Waals surface area contributed by atoms with Crippen molar-refractivity contribution >= 4 is 27.7 Å². The van der Waals surface area contributed by atoms with Crippen molar-refractivity contribution in [2.75, 3.05) is 0 Å². The summed E-state index contributed by atoms with van der Waals surface area (Å²) in [6.07, 6.45) is 0.881. The predicted octanol–water partition coefficient (Wildman–Crippen LogP) is 4.29. The van der Waals surface area contributed by atoms with Crippen molar-refractivity contribution in [3.8, 4) is 5.75 Å². The lowest BCUT2D eigenvalue weighted by molar-refractivity contribution is 0.112. The fraction of sp³-hybridized carbons (Fsp3) is 0.0625. The van der Waals surface area contributed by atoms with Gasteiger partial charge < -0.3 is 4.74 Å². The lowest BCUT2D eigenvalue weighted by Gasteiger charge is -2.07. The van der Waals surface area contributed by atoms with Crippen molar-refractivity contribution in [3.05, 3.63) is 65.0 Å². The minimum absolute atomic E-state index is 0.534. The number of carbonyl (C=O) groups excluding carboxylic acids is 1. The zero-order valence-electron chi connectivity index (χ0n) is 10.2. The highest BCUT2D eigenvalue weighted by molar-refractivity contribution is 7.20. The summed E-state index contributed by atoms with van der Waals surface area (Å²) < 4.78 is 6.93. The van der Waals surface area contributed by atoms with E-state index in [4.69, 9.17) is 4.74 Å². The monoisotopic (exact) mass is 268 g/mol. The van der Waals surface area contributed by atoms with Gasteiger partial charge in [-0.2, -0.15) is 0 Å². The number of hydrogen-bond acceptors (Lipinski definition) is 3. The Morgan fingerprint density at radius 3 is 2.68 bits per heavy atom. The molecule has 0 spiro atoms. The molecule has 3 rings (SSSR count). The summed E-state index contributed by atoms with van der Waals surface area (Å²) in [7, 11) is 0. The standard InChI is InChI=1S/C16H12O2S/c17-10-13-9-14-15(7-4-8-16(14)19-13)18-11-12-5-2-1-3-6-12/h1-10H,11H2. The van der Waals surface area contributed by atoms with E-state index in [1.807, 2.05) is 54.6 Å². The van der Waals surface area contributed by atoms with Gasteiger partial charge in [0.05, 0.1) is 4.88 Å². The highest BCUT2D eigenvalue weighted by atomic mass is 32.1. The second-order valence-electron chi connectivity index (χ2n) is 4.21. The normalized spacial score (nSPS) is 10.5. The van der Waals surface area contributed by atoms with Crippen molar-refractivity contribution in [3.63, 3.8) is 0 Å². The molecule has 0 aliphatic heterocycles. The van der Waals surface area contributed by atoms with Crippen molar-refractivity contribution in [1.82, 2.24) is 0 Å². The minimum atomic E-state index is 0.534. The van der Waals surface area contributed by atoms with Crippen LogP contribution < -0.4 is 4.74 Å². The predicted molar refractivity (Wildman–Crippen MR) is 78.0 cm³/mol. The largest absolute Gasteiger partial charge is 0.488 e. The van der Waals surface area contributed by atoms with E-state index in [9.17, 15) is 4.79 Å². The first kappa shape index (κ1) is 11.9. The number of carbonyl (C=O) groups is 1. The van der Waals surface area contributed by atoms with Crippen LogP contribution in [-0.2, 0) is 6.61 Å². The van der Waals surface area contributed by atoms with Gasteiger partial charge in [-0.25, -0.2) is 0 Å². The van der Waals surface area contributed by atoms with Gasteiger partial charge in [0.25, 0.3) is 0 Å². The highest BCUT2D eigenvalue weighted by Gasteiger charge is 2.06. The number of rotatable bonds is 4. The molecule has 19 heavy (non-hydrogen) atoms. The fourth-order valence-electron chi connectivity index (χ4n) is 1.97. The quantitative estimate of drug-likeness (QED) is 0.660. The zero-order chi connectivity index (χ0) is 13.1. The fourth-order valence-corrected chi connectivity index (χ4v) is 2.87. The number of benzene rings is 2. The van der Waals surface area contributed by atoms with E-state index in [1.54, 1.807) is 0 Å². The van der Waals surface area contributed by atoms with E-state index in [0.717, 1.165) is 32.6 Å². The first-order valence-corrected chi connectivity index (χ1v) is 6.83. The lowest BCUT2D eigenvalue weighted by atomic mass is 10.2. The van der Waals surface area contributed by atoms with Crippen LogP contribution in [0.2, 0.25) is 0 Å². The summed E-state index contributed by atoms with van der Waals surface area (Å²) in [5.41, 5.74) is 1.13. The molecule has 0 fully saturated rings. The van der Waals surface area contributed by atoms with E-state index in [2.05, 4.69) is 0 Å². The molecule has 3 aromatic rings. The Labute approximate surface area is 115 Å². The summed E-state index contributed by atoms with van der Waals surface area (Å²) in [6, 6.07) is 17.8. The number of ether oxygens (including phenoxy) is 1. The van der Waals surface area contributed by atoms with Crippen LogP contribution in [-0.4, -0.2) is 6.29 Å². The van der Waals surface area contributed by atoms with Gasteiger partial charge in [0.2, 0.25) is 0 Å². The third kappa shape index (κ3) is 2.51. The molecule has 2 nitrogen and oxygen atoms in total. The van der Waals surface area contributed by atoms with Crippen LogP contribution in [0.3, 0.4) is 0 Å². The van der Waals surface area contributed by atoms with Crippen molar-refractivity contribution in [1.29, 1.82) is 0 Å². The van der Waals surface area contributed by atoms with Gasteiger partial charge in [-0.1, -0.05) is 36.4 Å². The minimum Gasteiger partial charge on any atom is -0.488 e. The van der Waals surface area contributed by atoms with E-state index in [-0.39, 0.29) is 0 Å². The van der Waals surface area contributed by atoms with E-state index < -0.39 is 0 Å². The van der Waals surface area contributed by atoms with Crippen LogP contribution in [0, 0.1) is 0 Å². The van der Waals surface area contributed by atoms with E-state index >= 15 is 0 Å². The third-order valence-corrected chi connectivity index (χ3v) is 3.92. The Bertz CT molecular complexity index is 701. The third-order valence-electron chi connectivity index (χ3n) is 2.89. The van der Waals surface area contributed by atoms with Crippen LogP contribution in [0.5, 0.6) is 5.75 Å². The maximum Gasteiger partial charge on any atom is 0.160 e. The molecule has 0 aliphatic rings. The zero-order valence-corrected chi connectivity index (χ0v) is 11.0. The Balaban J connectivity index is 1.88.